The van der Waals surface area contributed by atoms with Gasteiger partial charge < -0.3 is 14.3 Å². The van der Waals surface area contributed by atoms with Crippen LogP contribution in [0.3, 0.4) is 0 Å². The summed E-state index contributed by atoms with van der Waals surface area (Å²) >= 11 is 7.08. The zero-order valence-corrected chi connectivity index (χ0v) is 17.4. The van der Waals surface area contributed by atoms with Gasteiger partial charge in [0.25, 0.3) is 5.22 Å². The van der Waals surface area contributed by atoms with Crippen LogP contribution in [0.25, 0.3) is 11.5 Å². The normalized spacial score (nSPS) is 10.8. The first-order valence-corrected chi connectivity index (χ1v) is 10.5. The molecule has 0 atom stereocenters. The van der Waals surface area contributed by atoms with Crippen molar-refractivity contribution in [3.63, 3.8) is 0 Å². The molecule has 0 saturated heterocycles. The van der Waals surface area contributed by atoms with Gasteiger partial charge in [0.05, 0.1) is 12.1 Å². The molecule has 0 unspecified atom stereocenters. The van der Waals surface area contributed by atoms with Gasteiger partial charge in [-0.3, -0.25) is 4.79 Å². The second kappa shape index (κ2) is 9.60. The molecule has 0 aliphatic carbocycles. The van der Waals surface area contributed by atoms with E-state index in [1.807, 2.05) is 35.0 Å². The second-order valence-corrected chi connectivity index (χ2v) is 7.86. The van der Waals surface area contributed by atoms with Crippen molar-refractivity contribution in [2.24, 2.45) is 0 Å². The van der Waals surface area contributed by atoms with Crippen LogP contribution < -0.4 is 5.32 Å². The molecule has 0 fully saturated rings. The SMILES string of the molecule is O=C(CSc1nnc(-c2ccc(Cl)cc2)o1)NCc1ccc(Cn2ccnc2)cc1. The Kier molecular flexibility index (Phi) is 6.46. The maximum Gasteiger partial charge on any atom is 0.277 e. The van der Waals surface area contributed by atoms with Crippen LogP contribution in [-0.4, -0.2) is 31.4 Å². The first kappa shape index (κ1) is 20.2. The van der Waals surface area contributed by atoms with Crippen LogP contribution in [-0.2, 0) is 17.9 Å². The zero-order chi connectivity index (χ0) is 20.8. The molecule has 0 saturated carbocycles. The molecule has 1 amide bonds. The van der Waals surface area contributed by atoms with Crippen molar-refractivity contribution in [3.05, 3.63) is 83.4 Å². The summed E-state index contributed by atoms with van der Waals surface area (Å²) in [6.45, 7) is 1.23. The van der Waals surface area contributed by atoms with E-state index in [0.29, 0.717) is 22.7 Å². The number of halogens is 1. The van der Waals surface area contributed by atoms with Crippen molar-refractivity contribution in [2.45, 2.75) is 18.3 Å². The minimum absolute atomic E-state index is 0.103. The molecule has 7 nitrogen and oxygen atoms in total. The van der Waals surface area contributed by atoms with Crippen LogP contribution in [0.15, 0.2) is 76.9 Å². The number of nitrogens with one attached hydrogen (secondary N) is 1. The summed E-state index contributed by atoms with van der Waals surface area (Å²) in [5.41, 5.74) is 2.98. The summed E-state index contributed by atoms with van der Waals surface area (Å²) in [6.07, 6.45) is 5.47. The highest BCUT2D eigenvalue weighted by Gasteiger charge is 2.11. The van der Waals surface area contributed by atoms with Gasteiger partial charge in [-0.2, -0.15) is 0 Å². The quantitative estimate of drug-likeness (QED) is 0.417. The molecule has 0 bridgehead atoms. The van der Waals surface area contributed by atoms with Crippen LogP contribution in [0, 0.1) is 0 Å². The third-order valence-electron chi connectivity index (χ3n) is 4.26. The number of carbonyl (C=O) groups excluding carboxylic acids is 1. The Morgan fingerprint density at radius 1 is 1.07 bits per heavy atom. The summed E-state index contributed by atoms with van der Waals surface area (Å²) in [7, 11) is 0. The van der Waals surface area contributed by atoms with Gasteiger partial charge in [0, 0.05) is 36.1 Å². The highest BCUT2D eigenvalue weighted by Crippen LogP contribution is 2.24. The number of aromatic nitrogens is 4. The summed E-state index contributed by atoms with van der Waals surface area (Å²) in [5.74, 6) is 0.486. The molecule has 1 N–H and O–H groups in total. The third-order valence-corrected chi connectivity index (χ3v) is 5.33. The molecule has 2 aromatic carbocycles. The monoisotopic (exact) mass is 439 g/mol. The van der Waals surface area contributed by atoms with Crippen molar-refractivity contribution in [1.29, 1.82) is 0 Å². The Bertz CT molecular complexity index is 1100. The van der Waals surface area contributed by atoms with Crippen LogP contribution >= 0.6 is 23.4 Å². The predicted octanol–water partition coefficient (Wildman–Crippen LogP) is 4.04. The van der Waals surface area contributed by atoms with E-state index in [-0.39, 0.29) is 11.7 Å². The Morgan fingerprint density at radius 2 is 1.83 bits per heavy atom. The van der Waals surface area contributed by atoms with Gasteiger partial charge in [0.1, 0.15) is 0 Å². The van der Waals surface area contributed by atoms with Gasteiger partial charge >= 0.3 is 0 Å². The summed E-state index contributed by atoms with van der Waals surface area (Å²) in [4.78, 5) is 16.2. The fourth-order valence-electron chi connectivity index (χ4n) is 2.71. The highest BCUT2D eigenvalue weighted by molar-refractivity contribution is 7.99. The summed E-state index contributed by atoms with van der Waals surface area (Å²) in [5, 5.41) is 11.9. The van der Waals surface area contributed by atoms with Crippen molar-refractivity contribution in [1.82, 2.24) is 25.1 Å². The van der Waals surface area contributed by atoms with Gasteiger partial charge in [-0.1, -0.05) is 47.6 Å². The molecular formula is C21H18ClN5O2S. The first-order chi connectivity index (χ1) is 14.7. The van der Waals surface area contributed by atoms with Crippen molar-refractivity contribution >= 4 is 29.3 Å². The molecule has 4 aromatic rings. The van der Waals surface area contributed by atoms with Crippen molar-refractivity contribution < 1.29 is 9.21 Å². The van der Waals surface area contributed by atoms with Crippen molar-refractivity contribution in [3.8, 4) is 11.5 Å². The Balaban J connectivity index is 1.23. The number of hydrogen-bond donors (Lipinski definition) is 1. The van der Waals surface area contributed by atoms with E-state index in [1.165, 1.54) is 17.3 Å². The molecule has 0 radical (unpaired) electrons. The molecule has 4 rings (SSSR count). The first-order valence-electron chi connectivity index (χ1n) is 9.18. The average Bonchev–Trinajstić information content (AvgIpc) is 3.44. The van der Waals surface area contributed by atoms with Gasteiger partial charge in [-0.05, 0) is 35.4 Å². The standard InChI is InChI=1S/C21H18ClN5O2S/c22-18-7-5-17(6-8-18)20-25-26-21(29-20)30-13-19(28)24-11-15-1-3-16(4-2-15)12-27-10-9-23-14-27/h1-10,14H,11-13H2,(H,24,28). The van der Waals surface area contributed by atoms with E-state index in [0.717, 1.165) is 17.7 Å². The minimum atomic E-state index is -0.103. The van der Waals surface area contributed by atoms with Gasteiger partial charge in [-0.15, -0.1) is 10.2 Å². The lowest BCUT2D eigenvalue weighted by Gasteiger charge is -2.06. The summed E-state index contributed by atoms with van der Waals surface area (Å²) in [6, 6.07) is 15.2. The van der Waals surface area contributed by atoms with E-state index >= 15 is 0 Å². The van der Waals surface area contributed by atoms with Crippen LogP contribution in [0.1, 0.15) is 11.1 Å². The smallest absolute Gasteiger partial charge is 0.277 e. The third kappa shape index (κ3) is 5.49. The zero-order valence-electron chi connectivity index (χ0n) is 15.9. The largest absolute Gasteiger partial charge is 0.411 e. The lowest BCUT2D eigenvalue weighted by molar-refractivity contribution is -0.118. The van der Waals surface area contributed by atoms with Crippen LogP contribution in [0.5, 0.6) is 0 Å². The van der Waals surface area contributed by atoms with E-state index < -0.39 is 0 Å². The number of thioether (sulfide) groups is 1. The molecule has 0 aliphatic rings. The molecule has 9 heteroatoms. The topological polar surface area (TPSA) is 85.8 Å². The lowest BCUT2D eigenvalue weighted by Crippen LogP contribution is -2.24. The fourth-order valence-corrected chi connectivity index (χ4v) is 3.43. The lowest BCUT2D eigenvalue weighted by atomic mass is 10.1. The maximum absolute atomic E-state index is 12.1. The summed E-state index contributed by atoms with van der Waals surface area (Å²) < 4.78 is 7.59. The minimum Gasteiger partial charge on any atom is -0.411 e. The Morgan fingerprint density at radius 3 is 2.57 bits per heavy atom. The fraction of sp³-hybridized carbons (Fsp3) is 0.143. The number of amides is 1. The number of hydrogen-bond acceptors (Lipinski definition) is 6. The molecule has 152 valence electrons. The van der Waals surface area contributed by atoms with Gasteiger partial charge in [0.2, 0.25) is 11.8 Å². The molecule has 30 heavy (non-hydrogen) atoms. The number of benzene rings is 2. The predicted molar refractivity (Wildman–Crippen MR) is 115 cm³/mol. The van der Waals surface area contributed by atoms with Gasteiger partial charge in [0.15, 0.2) is 0 Å². The van der Waals surface area contributed by atoms with E-state index in [9.17, 15) is 4.79 Å². The Labute approximate surface area is 182 Å². The average molecular weight is 440 g/mol. The second-order valence-electron chi connectivity index (χ2n) is 6.50. The maximum atomic E-state index is 12.1. The molecule has 2 heterocycles. The van der Waals surface area contributed by atoms with Crippen LogP contribution in [0.4, 0.5) is 0 Å². The Hall–Kier alpha value is -3.10. The van der Waals surface area contributed by atoms with Crippen molar-refractivity contribution in [2.75, 3.05) is 5.75 Å². The highest BCUT2D eigenvalue weighted by atomic mass is 35.5. The van der Waals surface area contributed by atoms with E-state index in [4.69, 9.17) is 16.0 Å². The van der Waals surface area contributed by atoms with E-state index in [1.54, 1.807) is 36.8 Å². The molecule has 2 aromatic heterocycles. The number of imidazole rings is 1. The van der Waals surface area contributed by atoms with Crippen LogP contribution in [0.2, 0.25) is 5.02 Å². The van der Waals surface area contributed by atoms with E-state index in [2.05, 4.69) is 20.5 Å². The molecular weight excluding hydrogens is 422 g/mol. The molecule has 0 aliphatic heterocycles. The molecule has 0 spiro atoms. The van der Waals surface area contributed by atoms with Gasteiger partial charge in [-0.25, -0.2) is 4.98 Å². The number of rotatable bonds is 8. The number of carbonyl (C=O) groups is 1. The number of nitrogens with zero attached hydrogens (tertiary/aromatic N) is 4.